The summed E-state index contributed by atoms with van der Waals surface area (Å²) in [6, 6.07) is 19.5. The molecule has 1 saturated heterocycles. The van der Waals surface area contributed by atoms with E-state index in [1.165, 1.54) is 26.1 Å². The lowest BCUT2D eigenvalue weighted by Gasteiger charge is -2.37. The lowest BCUT2D eigenvalue weighted by molar-refractivity contribution is -0.143. The minimum atomic E-state index is -0.672. The van der Waals surface area contributed by atoms with Crippen LogP contribution < -0.4 is 0 Å². The van der Waals surface area contributed by atoms with Gasteiger partial charge in [-0.1, -0.05) is 48.0 Å². The lowest BCUT2D eigenvalue weighted by atomic mass is 9.93. The van der Waals surface area contributed by atoms with Gasteiger partial charge in [-0.3, -0.25) is 9.69 Å². The van der Waals surface area contributed by atoms with E-state index in [2.05, 4.69) is 66.4 Å². The minimum Gasteiger partial charge on any atom is -0.481 e. The van der Waals surface area contributed by atoms with Gasteiger partial charge < -0.3 is 5.11 Å². The highest BCUT2D eigenvalue weighted by atomic mass is 32.1. The van der Waals surface area contributed by atoms with E-state index < -0.39 is 5.97 Å². The van der Waals surface area contributed by atoms with Crippen molar-refractivity contribution < 1.29 is 9.90 Å². The molecule has 3 aromatic rings. The summed E-state index contributed by atoms with van der Waals surface area (Å²) in [4.78, 5) is 15.2. The Morgan fingerprint density at radius 3 is 2.81 bits per heavy atom. The molecule has 0 saturated carbocycles. The molecule has 1 N–H and O–H groups in total. The molecule has 2 heterocycles. The number of aliphatic carboxylic acids is 1. The fourth-order valence-electron chi connectivity index (χ4n) is 3.97. The smallest absolute Gasteiger partial charge is 0.307 e. The number of carboxylic acids is 1. The average Bonchev–Trinajstić information content (AvgIpc) is 3.05. The maximum Gasteiger partial charge on any atom is 0.307 e. The molecule has 0 aliphatic carbocycles. The SMILES string of the molecule is Cc1cccc(C(c2cc3ccccc3s2)N2CCCC(C(=O)O)C2)c1. The van der Waals surface area contributed by atoms with Gasteiger partial charge in [0.2, 0.25) is 0 Å². The molecular weight excluding hydrogens is 342 g/mol. The van der Waals surface area contributed by atoms with Gasteiger partial charge >= 0.3 is 5.97 Å². The third-order valence-corrected chi connectivity index (χ3v) is 6.41. The fraction of sp³-hybridized carbons (Fsp3) is 0.318. The lowest BCUT2D eigenvalue weighted by Crippen LogP contribution is -2.41. The Balaban J connectivity index is 1.77. The Morgan fingerprint density at radius 2 is 2.04 bits per heavy atom. The molecule has 4 rings (SSSR count). The van der Waals surface area contributed by atoms with Crippen molar-refractivity contribution in [2.45, 2.75) is 25.8 Å². The summed E-state index contributed by atoms with van der Waals surface area (Å²) >= 11 is 1.82. The van der Waals surface area contributed by atoms with Crippen LogP contribution in [0.3, 0.4) is 0 Å². The molecule has 1 aliphatic heterocycles. The van der Waals surface area contributed by atoms with Crippen molar-refractivity contribution >= 4 is 27.4 Å². The van der Waals surface area contributed by atoms with E-state index in [9.17, 15) is 9.90 Å². The Labute approximate surface area is 157 Å². The number of piperidine rings is 1. The first kappa shape index (κ1) is 17.3. The molecule has 0 amide bonds. The molecular formula is C22H23NO2S. The van der Waals surface area contributed by atoms with Crippen LogP contribution >= 0.6 is 11.3 Å². The first-order valence-corrected chi connectivity index (χ1v) is 9.95. The second-order valence-electron chi connectivity index (χ2n) is 7.18. The molecule has 2 unspecified atom stereocenters. The van der Waals surface area contributed by atoms with Crippen molar-refractivity contribution in [2.75, 3.05) is 13.1 Å². The Morgan fingerprint density at radius 1 is 1.19 bits per heavy atom. The van der Waals surface area contributed by atoms with Gasteiger partial charge in [0.25, 0.3) is 0 Å². The standard InChI is InChI=1S/C22H23NO2S/c1-15-6-4-8-17(12-15)21(23-11-5-9-18(14-23)22(24)25)20-13-16-7-2-3-10-19(16)26-20/h2-4,6-8,10,12-13,18,21H,5,9,11,14H2,1H3,(H,24,25). The number of carbonyl (C=O) groups is 1. The molecule has 134 valence electrons. The van der Waals surface area contributed by atoms with Crippen molar-refractivity contribution in [3.8, 4) is 0 Å². The maximum absolute atomic E-state index is 11.6. The van der Waals surface area contributed by atoms with Crippen LogP contribution in [0.15, 0.2) is 54.6 Å². The number of likely N-dealkylation sites (tertiary alicyclic amines) is 1. The zero-order chi connectivity index (χ0) is 18.1. The van der Waals surface area contributed by atoms with Gasteiger partial charge in [-0.15, -0.1) is 11.3 Å². The van der Waals surface area contributed by atoms with Crippen LogP contribution in [0.25, 0.3) is 10.1 Å². The predicted molar refractivity (Wildman–Crippen MR) is 107 cm³/mol. The monoisotopic (exact) mass is 365 g/mol. The van der Waals surface area contributed by atoms with Crippen LogP contribution in [-0.2, 0) is 4.79 Å². The molecule has 1 fully saturated rings. The molecule has 0 spiro atoms. The highest BCUT2D eigenvalue weighted by Gasteiger charge is 2.32. The number of thiophene rings is 1. The van der Waals surface area contributed by atoms with Crippen LogP contribution in [-0.4, -0.2) is 29.1 Å². The summed E-state index contributed by atoms with van der Waals surface area (Å²) in [7, 11) is 0. The van der Waals surface area contributed by atoms with Crippen LogP contribution in [0, 0.1) is 12.8 Å². The summed E-state index contributed by atoms with van der Waals surface area (Å²) in [6.07, 6.45) is 1.71. The van der Waals surface area contributed by atoms with E-state index in [4.69, 9.17) is 0 Å². The highest BCUT2D eigenvalue weighted by molar-refractivity contribution is 7.19. The summed E-state index contributed by atoms with van der Waals surface area (Å²) < 4.78 is 1.28. The Kier molecular flexibility index (Phi) is 4.79. The van der Waals surface area contributed by atoms with Crippen LogP contribution in [0.5, 0.6) is 0 Å². The third kappa shape index (κ3) is 3.39. The zero-order valence-electron chi connectivity index (χ0n) is 14.9. The average molecular weight is 365 g/mol. The van der Waals surface area contributed by atoms with Crippen molar-refractivity contribution in [1.29, 1.82) is 0 Å². The quantitative estimate of drug-likeness (QED) is 0.699. The van der Waals surface area contributed by atoms with E-state index in [-0.39, 0.29) is 12.0 Å². The van der Waals surface area contributed by atoms with E-state index in [0.717, 1.165) is 19.4 Å². The number of hydrogen-bond acceptors (Lipinski definition) is 3. The summed E-state index contributed by atoms with van der Waals surface area (Å²) in [5.41, 5.74) is 2.49. The van der Waals surface area contributed by atoms with E-state index >= 15 is 0 Å². The molecule has 2 aromatic carbocycles. The van der Waals surface area contributed by atoms with Crippen molar-refractivity contribution in [3.63, 3.8) is 0 Å². The number of rotatable bonds is 4. The fourth-order valence-corrected chi connectivity index (χ4v) is 5.20. The number of carboxylic acid groups (broad SMARTS) is 1. The topological polar surface area (TPSA) is 40.5 Å². The molecule has 4 heteroatoms. The molecule has 0 radical (unpaired) electrons. The Hall–Kier alpha value is -2.17. The van der Waals surface area contributed by atoms with Gasteiger partial charge in [0, 0.05) is 16.1 Å². The van der Waals surface area contributed by atoms with Crippen LogP contribution in [0.4, 0.5) is 0 Å². The number of fused-ring (bicyclic) bond motifs is 1. The Bertz CT molecular complexity index is 900. The molecule has 3 nitrogen and oxygen atoms in total. The first-order valence-electron chi connectivity index (χ1n) is 9.14. The zero-order valence-corrected chi connectivity index (χ0v) is 15.7. The maximum atomic E-state index is 11.6. The van der Waals surface area contributed by atoms with Gasteiger partial charge in [-0.25, -0.2) is 0 Å². The van der Waals surface area contributed by atoms with Gasteiger partial charge in [0.05, 0.1) is 12.0 Å². The largest absolute Gasteiger partial charge is 0.481 e. The molecule has 2 atom stereocenters. The molecule has 0 bridgehead atoms. The normalized spacial score (nSPS) is 19.5. The van der Waals surface area contributed by atoms with Crippen molar-refractivity contribution in [3.05, 3.63) is 70.6 Å². The molecule has 1 aromatic heterocycles. The van der Waals surface area contributed by atoms with Gasteiger partial charge in [-0.05, 0) is 49.4 Å². The summed E-state index contributed by atoms with van der Waals surface area (Å²) in [6.45, 7) is 3.67. The summed E-state index contributed by atoms with van der Waals surface area (Å²) in [5, 5.41) is 10.8. The molecule has 1 aliphatic rings. The number of benzene rings is 2. The summed E-state index contributed by atoms with van der Waals surface area (Å²) in [5.74, 6) is -0.945. The van der Waals surface area contributed by atoms with Gasteiger partial charge in [-0.2, -0.15) is 0 Å². The first-order chi connectivity index (χ1) is 12.6. The van der Waals surface area contributed by atoms with Crippen molar-refractivity contribution in [1.82, 2.24) is 4.90 Å². The second-order valence-corrected chi connectivity index (χ2v) is 8.29. The highest BCUT2D eigenvalue weighted by Crippen LogP contribution is 2.38. The van der Waals surface area contributed by atoms with E-state index in [0.29, 0.717) is 6.54 Å². The van der Waals surface area contributed by atoms with Crippen molar-refractivity contribution in [2.24, 2.45) is 5.92 Å². The van der Waals surface area contributed by atoms with Crippen LogP contribution in [0.1, 0.15) is 34.9 Å². The minimum absolute atomic E-state index is 0.120. The predicted octanol–water partition coefficient (Wildman–Crippen LogP) is 5.10. The van der Waals surface area contributed by atoms with Gasteiger partial charge in [0.15, 0.2) is 0 Å². The number of nitrogens with zero attached hydrogens (tertiary/aromatic N) is 1. The number of aryl methyl sites for hydroxylation is 1. The number of hydrogen-bond donors (Lipinski definition) is 1. The van der Waals surface area contributed by atoms with E-state index in [1.807, 2.05) is 11.3 Å². The van der Waals surface area contributed by atoms with E-state index in [1.54, 1.807) is 0 Å². The third-order valence-electron chi connectivity index (χ3n) is 5.24. The van der Waals surface area contributed by atoms with Crippen LogP contribution in [0.2, 0.25) is 0 Å². The van der Waals surface area contributed by atoms with Gasteiger partial charge in [0.1, 0.15) is 0 Å². The second kappa shape index (κ2) is 7.22. The molecule has 26 heavy (non-hydrogen) atoms.